The van der Waals surface area contributed by atoms with E-state index in [0.717, 1.165) is 43.4 Å². The van der Waals surface area contributed by atoms with Crippen LogP contribution in [0.3, 0.4) is 0 Å². The van der Waals surface area contributed by atoms with E-state index in [-0.39, 0.29) is 24.5 Å². The Hall–Kier alpha value is -2.82. The minimum Gasteiger partial charge on any atom is -0.483 e. The van der Waals surface area contributed by atoms with Gasteiger partial charge in [-0.25, -0.2) is 0 Å². The normalized spacial score (nSPS) is 18.7. The van der Waals surface area contributed by atoms with Crippen LogP contribution in [0.5, 0.6) is 5.75 Å². The Morgan fingerprint density at radius 3 is 2.54 bits per heavy atom. The van der Waals surface area contributed by atoms with Crippen LogP contribution >= 0.6 is 0 Å². The molecule has 0 radical (unpaired) electrons. The fourth-order valence-corrected chi connectivity index (χ4v) is 3.69. The van der Waals surface area contributed by atoms with E-state index in [2.05, 4.69) is 17.4 Å². The average Bonchev–Trinajstić information content (AvgIpc) is 3.39. The summed E-state index contributed by atoms with van der Waals surface area (Å²) in [4.78, 5) is 26.8. The Labute approximate surface area is 165 Å². The number of nitrogens with one attached hydrogen (secondary N) is 1. The summed E-state index contributed by atoms with van der Waals surface area (Å²) in [6.45, 7) is 0.579. The third-order valence-corrected chi connectivity index (χ3v) is 5.36. The molecule has 1 atom stereocenters. The summed E-state index contributed by atoms with van der Waals surface area (Å²) < 4.78 is 5.88. The van der Waals surface area contributed by atoms with E-state index in [0.29, 0.717) is 12.6 Å². The number of carbonyl (C=O) groups is 2. The number of hydrogen-bond acceptors (Lipinski definition) is 3. The molecule has 0 unspecified atom stereocenters. The van der Waals surface area contributed by atoms with Gasteiger partial charge in [-0.1, -0.05) is 48.5 Å². The molecule has 1 heterocycles. The first-order chi connectivity index (χ1) is 13.7. The summed E-state index contributed by atoms with van der Waals surface area (Å²) in [5.41, 5.74) is 2.24. The second-order valence-electron chi connectivity index (χ2n) is 7.59. The van der Waals surface area contributed by atoms with E-state index < -0.39 is 0 Å². The van der Waals surface area contributed by atoms with Gasteiger partial charge in [0.15, 0.2) is 6.61 Å². The molecule has 1 saturated carbocycles. The summed E-state index contributed by atoms with van der Waals surface area (Å²) >= 11 is 0. The Bertz CT molecular complexity index is 833. The van der Waals surface area contributed by atoms with Crippen LogP contribution in [0.4, 0.5) is 0 Å². The lowest BCUT2D eigenvalue weighted by Gasteiger charge is -2.24. The van der Waals surface area contributed by atoms with Gasteiger partial charge in [0.05, 0.1) is 0 Å². The highest BCUT2D eigenvalue weighted by atomic mass is 16.5. The highest BCUT2D eigenvalue weighted by Gasteiger charge is 2.36. The third kappa shape index (κ3) is 4.53. The van der Waals surface area contributed by atoms with Crippen molar-refractivity contribution >= 4 is 11.8 Å². The van der Waals surface area contributed by atoms with Gasteiger partial charge in [-0.2, -0.15) is 0 Å². The topological polar surface area (TPSA) is 58.6 Å². The lowest BCUT2D eigenvalue weighted by Crippen LogP contribution is -2.47. The molecule has 5 heteroatoms. The monoisotopic (exact) mass is 378 g/mol. The van der Waals surface area contributed by atoms with Crippen LogP contribution in [0.2, 0.25) is 0 Å². The van der Waals surface area contributed by atoms with Gasteiger partial charge in [0, 0.05) is 19.0 Å². The summed E-state index contributed by atoms with van der Waals surface area (Å²) in [5, 5.41) is 3.02. The van der Waals surface area contributed by atoms with E-state index >= 15 is 0 Å². The van der Waals surface area contributed by atoms with Crippen molar-refractivity contribution in [2.24, 2.45) is 0 Å². The molecular formula is C23H26N2O3. The molecule has 1 aliphatic heterocycles. The SMILES string of the molecule is O=C(NC1CC1)[C@H]1CCCN1C(=O)COc1ccccc1Cc1ccccc1. The predicted molar refractivity (Wildman–Crippen MR) is 107 cm³/mol. The van der Waals surface area contributed by atoms with Gasteiger partial charge in [-0.05, 0) is 42.9 Å². The van der Waals surface area contributed by atoms with E-state index in [1.54, 1.807) is 4.90 Å². The fourth-order valence-electron chi connectivity index (χ4n) is 3.69. The van der Waals surface area contributed by atoms with Gasteiger partial charge in [0.2, 0.25) is 5.91 Å². The molecule has 1 N–H and O–H groups in total. The molecule has 28 heavy (non-hydrogen) atoms. The van der Waals surface area contributed by atoms with Crippen LogP contribution in [-0.2, 0) is 16.0 Å². The van der Waals surface area contributed by atoms with Crippen LogP contribution in [-0.4, -0.2) is 41.9 Å². The summed E-state index contributed by atoms with van der Waals surface area (Å²) in [6, 6.07) is 18.0. The Morgan fingerprint density at radius 2 is 1.75 bits per heavy atom. The second kappa shape index (κ2) is 8.46. The maximum absolute atomic E-state index is 12.7. The molecule has 2 amide bonds. The first-order valence-electron chi connectivity index (χ1n) is 10.0. The minimum atomic E-state index is -0.351. The van der Waals surface area contributed by atoms with Crippen LogP contribution in [0.1, 0.15) is 36.8 Å². The van der Waals surface area contributed by atoms with Gasteiger partial charge >= 0.3 is 0 Å². The fraction of sp³-hybridized carbons (Fsp3) is 0.391. The number of para-hydroxylation sites is 1. The molecule has 0 bridgehead atoms. The molecule has 1 aliphatic carbocycles. The lowest BCUT2D eigenvalue weighted by atomic mass is 10.0. The van der Waals surface area contributed by atoms with Crippen molar-refractivity contribution in [3.05, 3.63) is 65.7 Å². The molecule has 0 spiro atoms. The van der Waals surface area contributed by atoms with Crippen LogP contribution in [0, 0.1) is 0 Å². The largest absolute Gasteiger partial charge is 0.483 e. The standard InChI is InChI=1S/C23H26N2O3/c26-22(25-14-6-10-20(25)23(27)24-19-12-13-19)16-28-21-11-5-4-9-18(21)15-17-7-2-1-3-8-17/h1-5,7-9,11,19-20H,6,10,12-16H2,(H,24,27)/t20-/m1/s1. The van der Waals surface area contributed by atoms with Crippen molar-refractivity contribution in [1.29, 1.82) is 0 Å². The van der Waals surface area contributed by atoms with E-state index in [9.17, 15) is 9.59 Å². The van der Waals surface area contributed by atoms with Crippen molar-refractivity contribution in [3.8, 4) is 5.75 Å². The molecule has 1 saturated heterocycles. The molecule has 2 aromatic carbocycles. The Kier molecular flexibility index (Phi) is 5.60. The van der Waals surface area contributed by atoms with E-state index in [1.807, 2.05) is 42.5 Å². The van der Waals surface area contributed by atoms with Crippen molar-refractivity contribution in [1.82, 2.24) is 10.2 Å². The van der Waals surface area contributed by atoms with Gasteiger partial charge in [0.25, 0.3) is 5.91 Å². The summed E-state index contributed by atoms with van der Waals surface area (Å²) in [5.74, 6) is 0.582. The molecular weight excluding hydrogens is 352 g/mol. The first-order valence-corrected chi connectivity index (χ1v) is 10.0. The number of ether oxygens (including phenoxy) is 1. The zero-order chi connectivity index (χ0) is 19.3. The maximum atomic E-state index is 12.7. The molecule has 2 fully saturated rings. The van der Waals surface area contributed by atoms with Crippen LogP contribution in [0.25, 0.3) is 0 Å². The molecule has 2 aromatic rings. The van der Waals surface area contributed by atoms with Gasteiger partial charge in [-0.3, -0.25) is 9.59 Å². The predicted octanol–water partition coefficient (Wildman–Crippen LogP) is 2.93. The zero-order valence-electron chi connectivity index (χ0n) is 16.0. The van der Waals surface area contributed by atoms with Crippen molar-refractivity contribution < 1.29 is 14.3 Å². The quantitative estimate of drug-likeness (QED) is 0.806. The molecule has 0 aromatic heterocycles. The van der Waals surface area contributed by atoms with Crippen LogP contribution < -0.4 is 10.1 Å². The first kappa shape index (κ1) is 18.5. The second-order valence-corrected chi connectivity index (χ2v) is 7.59. The lowest BCUT2D eigenvalue weighted by molar-refractivity contribution is -0.140. The zero-order valence-corrected chi connectivity index (χ0v) is 16.0. The van der Waals surface area contributed by atoms with Gasteiger partial charge in [0.1, 0.15) is 11.8 Å². The highest BCUT2D eigenvalue weighted by Crippen LogP contribution is 2.24. The molecule has 146 valence electrons. The van der Waals surface area contributed by atoms with Gasteiger partial charge in [-0.15, -0.1) is 0 Å². The smallest absolute Gasteiger partial charge is 0.261 e. The minimum absolute atomic E-state index is 0.0159. The van der Waals surface area contributed by atoms with Gasteiger partial charge < -0.3 is 15.0 Å². The van der Waals surface area contributed by atoms with E-state index in [4.69, 9.17) is 4.74 Å². The van der Waals surface area contributed by atoms with Crippen molar-refractivity contribution in [2.45, 2.75) is 44.2 Å². The Balaban J connectivity index is 1.37. The number of nitrogens with zero attached hydrogens (tertiary/aromatic N) is 1. The highest BCUT2D eigenvalue weighted by molar-refractivity contribution is 5.89. The number of benzene rings is 2. The molecule has 5 nitrogen and oxygen atoms in total. The summed E-state index contributed by atoms with van der Waals surface area (Å²) in [6.07, 6.45) is 4.44. The molecule has 4 rings (SSSR count). The number of carbonyl (C=O) groups excluding carboxylic acids is 2. The molecule has 2 aliphatic rings. The number of likely N-dealkylation sites (tertiary alicyclic amines) is 1. The Morgan fingerprint density at radius 1 is 1.00 bits per heavy atom. The number of amides is 2. The maximum Gasteiger partial charge on any atom is 0.261 e. The number of rotatable bonds is 7. The average molecular weight is 378 g/mol. The van der Waals surface area contributed by atoms with Crippen molar-refractivity contribution in [2.75, 3.05) is 13.2 Å². The third-order valence-electron chi connectivity index (χ3n) is 5.36. The summed E-state index contributed by atoms with van der Waals surface area (Å²) in [7, 11) is 0. The van der Waals surface area contributed by atoms with Crippen LogP contribution in [0.15, 0.2) is 54.6 Å². The van der Waals surface area contributed by atoms with E-state index in [1.165, 1.54) is 5.56 Å². The number of hydrogen-bond donors (Lipinski definition) is 1. The van der Waals surface area contributed by atoms with Crippen molar-refractivity contribution in [3.63, 3.8) is 0 Å².